The van der Waals surface area contributed by atoms with Gasteiger partial charge in [-0.2, -0.15) is 0 Å². The Morgan fingerprint density at radius 3 is 2.61 bits per heavy atom. The summed E-state index contributed by atoms with van der Waals surface area (Å²) in [5.74, 6) is -0.0925. The van der Waals surface area contributed by atoms with Crippen LogP contribution in [0.1, 0.15) is 44.5 Å². The minimum Gasteiger partial charge on any atom is -0.311 e. The molecule has 5 rings (SSSR count). The largest absolute Gasteiger partial charge is 0.311 e. The van der Waals surface area contributed by atoms with Crippen molar-refractivity contribution in [3.63, 3.8) is 0 Å². The number of carbonyl (C=O) groups is 1. The molecule has 1 aromatic heterocycles. The van der Waals surface area contributed by atoms with E-state index in [0.29, 0.717) is 37.6 Å². The molecule has 0 unspecified atom stereocenters. The highest BCUT2D eigenvalue weighted by molar-refractivity contribution is 5.97. The van der Waals surface area contributed by atoms with Crippen LogP contribution in [-0.2, 0) is 16.6 Å². The Kier molecular flexibility index (Phi) is 7.87. The van der Waals surface area contributed by atoms with Crippen molar-refractivity contribution in [2.75, 3.05) is 64.3 Å². The van der Waals surface area contributed by atoms with Crippen molar-refractivity contribution in [1.29, 1.82) is 0 Å². The number of anilines is 1. The van der Waals surface area contributed by atoms with Crippen LogP contribution < -0.4 is 10.2 Å². The maximum Gasteiger partial charge on any atom is 0.241 e. The third kappa shape index (κ3) is 5.93. The second-order valence-electron chi connectivity index (χ2n) is 12.4. The van der Waals surface area contributed by atoms with Crippen LogP contribution in [0.4, 0.5) is 10.1 Å². The van der Waals surface area contributed by atoms with Gasteiger partial charge in [0, 0.05) is 75.6 Å². The van der Waals surface area contributed by atoms with E-state index in [1.54, 1.807) is 0 Å². The smallest absolute Gasteiger partial charge is 0.241 e. The van der Waals surface area contributed by atoms with Gasteiger partial charge in [-0.25, -0.2) is 4.39 Å². The van der Waals surface area contributed by atoms with E-state index in [9.17, 15) is 9.18 Å². The Bertz CT molecular complexity index is 1140. The van der Waals surface area contributed by atoms with Crippen LogP contribution in [0.5, 0.6) is 0 Å². The lowest BCUT2D eigenvalue weighted by atomic mass is 9.91. The molecule has 8 heteroatoms. The monoisotopic (exact) mass is 522 g/mol. The second kappa shape index (κ2) is 11.0. The Morgan fingerprint density at radius 2 is 1.87 bits per heavy atom. The molecular formula is C30H43FN6O. The van der Waals surface area contributed by atoms with E-state index >= 15 is 0 Å². The van der Waals surface area contributed by atoms with Crippen LogP contribution in [0.15, 0.2) is 36.5 Å². The van der Waals surface area contributed by atoms with Crippen molar-refractivity contribution in [3.05, 3.63) is 59.2 Å². The molecule has 0 radical (unpaired) electrons. The maximum atomic E-state index is 13.9. The first-order valence-electron chi connectivity index (χ1n) is 14.0. The average molecular weight is 523 g/mol. The fraction of sp³-hybridized carbons (Fsp3) is 0.600. The van der Waals surface area contributed by atoms with Crippen LogP contribution in [0.3, 0.4) is 0 Å². The molecule has 3 aliphatic rings. The number of piperazine rings is 2. The number of carbonyl (C=O) groups excluding carboxylic acids is 1. The van der Waals surface area contributed by atoms with Gasteiger partial charge in [0.2, 0.25) is 5.91 Å². The SMILES string of the molecule is C[C@@H]1CN(CC(=O)N2CC(C)(C)c3ncc(Cc4ccc(F)cc4)cc32)[C@@H](CN2CCN(C)C[C@H]2C)CN1. The summed E-state index contributed by atoms with van der Waals surface area (Å²) in [6.45, 7) is 15.9. The molecule has 1 amide bonds. The van der Waals surface area contributed by atoms with Crippen molar-refractivity contribution in [2.45, 2.75) is 57.7 Å². The Morgan fingerprint density at radius 1 is 1.11 bits per heavy atom. The van der Waals surface area contributed by atoms with Crippen molar-refractivity contribution < 1.29 is 9.18 Å². The van der Waals surface area contributed by atoms with E-state index in [4.69, 9.17) is 4.98 Å². The van der Waals surface area contributed by atoms with Crippen molar-refractivity contribution >= 4 is 11.6 Å². The van der Waals surface area contributed by atoms with Gasteiger partial charge in [-0.05, 0) is 56.6 Å². The molecule has 38 heavy (non-hydrogen) atoms. The maximum absolute atomic E-state index is 13.9. The normalized spacial score (nSPS) is 26.5. The van der Waals surface area contributed by atoms with Gasteiger partial charge in [-0.15, -0.1) is 0 Å². The van der Waals surface area contributed by atoms with Crippen LogP contribution in [0.2, 0.25) is 0 Å². The van der Waals surface area contributed by atoms with Crippen LogP contribution in [0.25, 0.3) is 0 Å². The van der Waals surface area contributed by atoms with Crippen LogP contribution in [-0.4, -0.2) is 103 Å². The molecule has 2 saturated heterocycles. The van der Waals surface area contributed by atoms with E-state index in [-0.39, 0.29) is 17.1 Å². The highest BCUT2D eigenvalue weighted by atomic mass is 19.1. The summed E-state index contributed by atoms with van der Waals surface area (Å²) >= 11 is 0. The minimum atomic E-state index is -0.234. The lowest BCUT2D eigenvalue weighted by molar-refractivity contribution is -0.121. The zero-order chi connectivity index (χ0) is 27.0. The zero-order valence-electron chi connectivity index (χ0n) is 23.6. The molecule has 2 aromatic rings. The van der Waals surface area contributed by atoms with Gasteiger partial charge in [-0.1, -0.05) is 26.0 Å². The van der Waals surface area contributed by atoms with Gasteiger partial charge >= 0.3 is 0 Å². The number of fused-ring (bicyclic) bond motifs is 1. The van der Waals surface area contributed by atoms with Gasteiger partial charge in [0.25, 0.3) is 0 Å². The van der Waals surface area contributed by atoms with Gasteiger partial charge in [-0.3, -0.25) is 19.6 Å². The molecule has 1 aromatic carbocycles. The summed E-state index contributed by atoms with van der Waals surface area (Å²) in [5, 5.41) is 3.64. The number of nitrogens with zero attached hydrogens (tertiary/aromatic N) is 5. The quantitative estimate of drug-likeness (QED) is 0.630. The van der Waals surface area contributed by atoms with Crippen molar-refractivity contribution in [3.8, 4) is 0 Å². The molecule has 2 fully saturated rings. The van der Waals surface area contributed by atoms with E-state index in [0.717, 1.165) is 61.8 Å². The highest BCUT2D eigenvalue weighted by Gasteiger charge is 2.41. The van der Waals surface area contributed by atoms with E-state index in [2.05, 4.69) is 60.8 Å². The Hall–Kier alpha value is -2.39. The predicted octanol–water partition coefficient (Wildman–Crippen LogP) is 2.73. The number of amides is 1. The summed E-state index contributed by atoms with van der Waals surface area (Å²) in [6, 6.07) is 9.88. The zero-order valence-corrected chi connectivity index (χ0v) is 23.6. The van der Waals surface area contributed by atoms with Gasteiger partial charge < -0.3 is 15.1 Å². The third-order valence-electron chi connectivity index (χ3n) is 8.51. The first-order valence-corrected chi connectivity index (χ1v) is 14.0. The molecule has 1 N–H and O–H groups in total. The lowest BCUT2D eigenvalue weighted by Gasteiger charge is -2.45. The number of halogens is 1. The van der Waals surface area contributed by atoms with Gasteiger partial charge in [0.05, 0.1) is 17.9 Å². The molecular weight excluding hydrogens is 479 g/mol. The molecule has 7 nitrogen and oxygen atoms in total. The van der Waals surface area contributed by atoms with Crippen molar-refractivity contribution in [2.24, 2.45) is 0 Å². The van der Waals surface area contributed by atoms with Gasteiger partial charge in [0.15, 0.2) is 0 Å². The number of aromatic nitrogens is 1. The topological polar surface area (TPSA) is 55.0 Å². The molecule has 3 aliphatic heterocycles. The van der Waals surface area contributed by atoms with E-state index in [1.165, 1.54) is 12.1 Å². The fourth-order valence-corrected chi connectivity index (χ4v) is 6.32. The summed E-state index contributed by atoms with van der Waals surface area (Å²) in [6.07, 6.45) is 2.56. The summed E-state index contributed by atoms with van der Waals surface area (Å²) < 4.78 is 13.4. The number of nitrogens with one attached hydrogen (secondary N) is 1. The first kappa shape index (κ1) is 27.2. The van der Waals surface area contributed by atoms with E-state index < -0.39 is 0 Å². The second-order valence-corrected chi connectivity index (χ2v) is 12.4. The molecule has 0 saturated carbocycles. The number of hydrogen-bond acceptors (Lipinski definition) is 6. The predicted molar refractivity (Wildman–Crippen MR) is 150 cm³/mol. The van der Waals surface area contributed by atoms with Gasteiger partial charge in [0.1, 0.15) is 5.82 Å². The first-order chi connectivity index (χ1) is 18.1. The standard InChI is InChI=1S/C30H43FN6O/c1-21-16-36(26(15-32-21)18-35-11-10-34(5)17-22(35)2)19-28(38)37-20-30(3,4)29-27(37)13-24(14-33-29)12-23-6-8-25(31)9-7-23/h6-9,13-14,21-22,26,32H,10-12,15-20H2,1-5H3/t21-,22-,26-/m1/s1. The Labute approximate surface area is 227 Å². The third-order valence-corrected chi connectivity index (χ3v) is 8.51. The van der Waals surface area contributed by atoms with Crippen molar-refractivity contribution in [1.82, 2.24) is 25.0 Å². The molecule has 4 heterocycles. The number of likely N-dealkylation sites (N-methyl/N-ethyl adjacent to an activating group) is 1. The number of benzene rings is 1. The average Bonchev–Trinajstić information content (AvgIpc) is 3.14. The summed E-state index contributed by atoms with van der Waals surface area (Å²) in [4.78, 5) is 28.1. The minimum absolute atomic E-state index is 0.142. The number of rotatable bonds is 6. The lowest BCUT2D eigenvalue weighted by Crippen LogP contribution is -2.63. The molecule has 0 bridgehead atoms. The van der Waals surface area contributed by atoms with E-state index in [1.807, 2.05) is 23.2 Å². The Balaban J connectivity index is 1.32. The molecule has 3 atom stereocenters. The summed E-state index contributed by atoms with van der Waals surface area (Å²) in [5.41, 5.74) is 3.75. The fourth-order valence-electron chi connectivity index (χ4n) is 6.32. The molecule has 0 spiro atoms. The van der Waals surface area contributed by atoms with Crippen LogP contribution in [0, 0.1) is 5.82 Å². The number of hydrogen-bond donors (Lipinski definition) is 1. The summed E-state index contributed by atoms with van der Waals surface area (Å²) in [7, 11) is 2.19. The van der Waals surface area contributed by atoms with Crippen LogP contribution >= 0.6 is 0 Å². The molecule has 206 valence electrons. The number of pyridine rings is 1. The molecule has 0 aliphatic carbocycles. The highest BCUT2D eigenvalue weighted by Crippen LogP contribution is 2.39.